The monoisotopic (exact) mass is 373 g/mol. The minimum atomic E-state index is -0.0250. The Morgan fingerprint density at radius 3 is 2.56 bits per heavy atom. The molecule has 0 aliphatic carbocycles. The van der Waals surface area contributed by atoms with E-state index < -0.39 is 0 Å². The maximum Gasteiger partial charge on any atom is 0.317 e. The lowest BCUT2D eigenvalue weighted by molar-refractivity contribution is -0.135. The molecule has 0 unspecified atom stereocenters. The summed E-state index contributed by atoms with van der Waals surface area (Å²) in [6.07, 6.45) is 4.58. The molecule has 148 valence electrons. The summed E-state index contributed by atoms with van der Waals surface area (Å²) in [6.45, 7) is 6.35. The molecule has 27 heavy (non-hydrogen) atoms. The van der Waals surface area contributed by atoms with Crippen molar-refractivity contribution in [3.63, 3.8) is 0 Å². The fraction of sp³-hybridized carbons (Fsp3) is 0.619. The van der Waals surface area contributed by atoms with E-state index in [1.54, 1.807) is 0 Å². The highest BCUT2D eigenvalue weighted by atomic mass is 16.5. The average Bonchev–Trinajstić information content (AvgIpc) is 3.23. The molecular weight excluding hydrogens is 342 g/mol. The molecule has 2 aliphatic rings. The van der Waals surface area contributed by atoms with Crippen LogP contribution in [0.1, 0.15) is 38.2 Å². The quantitative estimate of drug-likeness (QED) is 0.834. The van der Waals surface area contributed by atoms with Crippen LogP contribution < -0.4 is 10.1 Å². The maximum atomic E-state index is 12.5. The van der Waals surface area contributed by atoms with Crippen molar-refractivity contribution in [2.24, 2.45) is 5.92 Å². The number of rotatable bonds is 6. The van der Waals surface area contributed by atoms with Crippen LogP contribution in [0.3, 0.4) is 0 Å². The summed E-state index contributed by atoms with van der Waals surface area (Å²) in [5, 5.41) is 3.00. The summed E-state index contributed by atoms with van der Waals surface area (Å²) in [4.78, 5) is 28.7. The molecular formula is C21H31N3O3. The lowest BCUT2D eigenvalue weighted by Crippen LogP contribution is -2.47. The molecule has 0 atom stereocenters. The Bertz CT molecular complexity index is 635. The number of benzene rings is 1. The molecule has 1 aromatic carbocycles. The van der Waals surface area contributed by atoms with Crippen LogP contribution in [0.25, 0.3) is 0 Å². The van der Waals surface area contributed by atoms with Crippen molar-refractivity contribution in [3.05, 3.63) is 29.8 Å². The van der Waals surface area contributed by atoms with Crippen LogP contribution in [-0.2, 0) is 11.2 Å². The van der Waals surface area contributed by atoms with Gasteiger partial charge in [-0.1, -0.05) is 12.1 Å². The van der Waals surface area contributed by atoms with Crippen molar-refractivity contribution in [2.75, 3.05) is 39.3 Å². The predicted molar refractivity (Wildman–Crippen MR) is 105 cm³/mol. The van der Waals surface area contributed by atoms with Gasteiger partial charge in [0.2, 0.25) is 5.91 Å². The number of amides is 3. The Hall–Kier alpha value is -2.24. The number of hydrogen-bond acceptors (Lipinski definition) is 3. The van der Waals surface area contributed by atoms with E-state index in [9.17, 15) is 9.59 Å². The highest BCUT2D eigenvalue weighted by Gasteiger charge is 2.31. The first-order valence-electron chi connectivity index (χ1n) is 10.2. The topological polar surface area (TPSA) is 61.9 Å². The van der Waals surface area contributed by atoms with Gasteiger partial charge in [-0.05, 0) is 56.7 Å². The second kappa shape index (κ2) is 9.62. The second-order valence-corrected chi connectivity index (χ2v) is 7.36. The lowest BCUT2D eigenvalue weighted by atomic mass is 9.95. The Labute approximate surface area is 161 Å². The Balaban J connectivity index is 1.38. The van der Waals surface area contributed by atoms with Crippen LogP contribution in [0, 0.1) is 5.92 Å². The molecule has 2 fully saturated rings. The highest BCUT2D eigenvalue weighted by molar-refractivity contribution is 5.80. The van der Waals surface area contributed by atoms with E-state index in [-0.39, 0.29) is 11.9 Å². The number of carbonyl (C=O) groups excluding carboxylic acids is 2. The summed E-state index contributed by atoms with van der Waals surface area (Å²) in [6, 6.07) is 7.96. The minimum absolute atomic E-state index is 0.0250. The molecule has 6 nitrogen and oxygen atoms in total. The maximum absolute atomic E-state index is 12.5. The van der Waals surface area contributed by atoms with E-state index in [2.05, 4.69) is 5.32 Å². The molecule has 1 N–H and O–H groups in total. The van der Waals surface area contributed by atoms with E-state index >= 15 is 0 Å². The van der Waals surface area contributed by atoms with Crippen LogP contribution in [0.2, 0.25) is 0 Å². The zero-order valence-electron chi connectivity index (χ0n) is 16.3. The van der Waals surface area contributed by atoms with Crippen molar-refractivity contribution in [1.29, 1.82) is 0 Å². The molecule has 3 amide bonds. The van der Waals surface area contributed by atoms with E-state index in [4.69, 9.17) is 4.74 Å². The number of nitrogens with zero attached hydrogens (tertiary/aromatic N) is 2. The second-order valence-electron chi connectivity index (χ2n) is 7.36. The number of carbonyl (C=O) groups is 2. The lowest BCUT2D eigenvalue weighted by Gasteiger charge is -2.33. The van der Waals surface area contributed by atoms with Crippen molar-refractivity contribution in [3.8, 4) is 5.75 Å². The van der Waals surface area contributed by atoms with E-state index in [0.717, 1.165) is 56.5 Å². The standard InChI is InChI=1S/C21H31N3O3/c1-2-27-19-7-5-6-17(16-19)8-11-22-21(26)24-14-9-18(10-15-24)20(25)23-12-3-4-13-23/h5-7,16,18H,2-4,8-15H2,1H3,(H,22,26). The third-order valence-electron chi connectivity index (χ3n) is 5.45. The number of ether oxygens (including phenoxy) is 1. The Morgan fingerprint density at radius 1 is 1.11 bits per heavy atom. The van der Waals surface area contributed by atoms with Gasteiger partial charge in [0.25, 0.3) is 0 Å². The third-order valence-corrected chi connectivity index (χ3v) is 5.45. The van der Waals surface area contributed by atoms with Gasteiger partial charge in [0.05, 0.1) is 6.61 Å². The van der Waals surface area contributed by atoms with Crippen molar-refractivity contribution < 1.29 is 14.3 Å². The molecule has 0 radical (unpaired) electrons. The van der Waals surface area contributed by atoms with Crippen molar-refractivity contribution in [1.82, 2.24) is 15.1 Å². The van der Waals surface area contributed by atoms with Gasteiger partial charge in [0.1, 0.15) is 5.75 Å². The van der Waals surface area contributed by atoms with Crippen LogP contribution >= 0.6 is 0 Å². The Morgan fingerprint density at radius 2 is 1.85 bits per heavy atom. The van der Waals surface area contributed by atoms with Crippen molar-refractivity contribution in [2.45, 2.75) is 39.0 Å². The first kappa shape index (κ1) is 19.5. The molecule has 2 heterocycles. The summed E-state index contributed by atoms with van der Waals surface area (Å²) in [5.41, 5.74) is 1.15. The van der Waals surface area contributed by atoms with Crippen LogP contribution in [0.5, 0.6) is 5.75 Å². The van der Waals surface area contributed by atoms with Gasteiger partial charge >= 0.3 is 6.03 Å². The fourth-order valence-electron chi connectivity index (χ4n) is 3.91. The number of piperidine rings is 1. The zero-order valence-corrected chi connectivity index (χ0v) is 16.3. The van der Waals surface area contributed by atoms with Gasteiger partial charge in [0.15, 0.2) is 0 Å². The van der Waals surface area contributed by atoms with E-state index in [1.165, 1.54) is 0 Å². The minimum Gasteiger partial charge on any atom is -0.494 e. The molecule has 1 aromatic rings. The summed E-state index contributed by atoms with van der Waals surface area (Å²) < 4.78 is 5.51. The highest BCUT2D eigenvalue weighted by Crippen LogP contribution is 2.22. The fourth-order valence-corrected chi connectivity index (χ4v) is 3.91. The third kappa shape index (κ3) is 5.37. The number of likely N-dealkylation sites (tertiary alicyclic amines) is 2. The molecule has 2 aliphatic heterocycles. The van der Waals surface area contributed by atoms with Gasteiger partial charge in [0, 0.05) is 38.6 Å². The molecule has 6 heteroatoms. The molecule has 2 saturated heterocycles. The molecule has 0 saturated carbocycles. The molecule has 0 bridgehead atoms. The first-order valence-corrected chi connectivity index (χ1v) is 10.2. The SMILES string of the molecule is CCOc1cccc(CCNC(=O)N2CCC(C(=O)N3CCCC3)CC2)c1. The van der Waals surface area contributed by atoms with Gasteiger partial charge in [-0.3, -0.25) is 4.79 Å². The van der Waals surface area contributed by atoms with Gasteiger partial charge < -0.3 is 19.9 Å². The first-order chi connectivity index (χ1) is 13.2. The summed E-state index contributed by atoms with van der Waals surface area (Å²) >= 11 is 0. The molecule has 3 rings (SSSR count). The molecule has 0 spiro atoms. The van der Waals surface area contributed by atoms with E-state index in [1.807, 2.05) is 41.0 Å². The molecule has 0 aromatic heterocycles. The smallest absolute Gasteiger partial charge is 0.317 e. The summed E-state index contributed by atoms with van der Waals surface area (Å²) in [5.74, 6) is 1.25. The predicted octanol–water partition coefficient (Wildman–Crippen LogP) is 2.67. The average molecular weight is 373 g/mol. The summed E-state index contributed by atoms with van der Waals surface area (Å²) in [7, 11) is 0. The number of urea groups is 1. The largest absolute Gasteiger partial charge is 0.494 e. The van der Waals surface area contributed by atoms with Crippen LogP contribution in [-0.4, -0.2) is 61.1 Å². The van der Waals surface area contributed by atoms with Gasteiger partial charge in [-0.15, -0.1) is 0 Å². The number of hydrogen-bond donors (Lipinski definition) is 1. The van der Waals surface area contributed by atoms with Crippen LogP contribution in [0.15, 0.2) is 24.3 Å². The van der Waals surface area contributed by atoms with Crippen molar-refractivity contribution >= 4 is 11.9 Å². The Kier molecular flexibility index (Phi) is 6.96. The number of nitrogens with one attached hydrogen (secondary N) is 1. The van der Waals surface area contributed by atoms with E-state index in [0.29, 0.717) is 32.1 Å². The van der Waals surface area contributed by atoms with Gasteiger partial charge in [-0.2, -0.15) is 0 Å². The van der Waals surface area contributed by atoms with Gasteiger partial charge in [-0.25, -0.2) is 4.79 Å². The normalized spacial score (nSPS) is 17.8. The zero-order chi connectivity index (χ0) is 19.1. The van der Waals surface area contributed by atoms with Crippen LogP contribution in [0.4, 0.5) is 4.79 Å².